The molecule has 36 heavy (non-hydrogen) atoms. The molecule has 0 aliphatic rings. The van der Waals surface area contributed by atoms with Crippen molar-refractivity contribution in [3.8, 4) is 17.1 Å². The molecule has 0 aliphatic heterocycles. The Hall–Kier alpha value is -4.11. The molecule has 4 rings (SSSR count). The largest absolute Gasteiger partial charge is 0.494 e. The quantitative estimate of drug-likeness (QED) is 0.336. The number of nitrogens with one attached hydrogen (secondary N) is 1. The van der Waals surface area contributed by atoms with Gasteiger partial charge in [0.2, 0.25) is 5.91 Å². The molecule has 1 N–H and O–H groups in total. The van der Waals surface area contributed by atoms with E-state index < -0.39 is 22.5 Å². The zero-order chi connectivity index (χ0) is 25.7. The van der Waals surface area contributed by atoms with Crippen molar-refractivity contribution in [2.75, 3.05) is 22.8 Å². The first-order chi connectivity index (χ1) is 17.3. The van der Waals surface area contributed by atoms with E-state index in [0.717, 1.165) is 15.4 Å². The number of hydrogen-bond acceptors (Lipinski definition) is 6. The van der Waals surface area contributed by atoms with Gasteiger partial charge in [-0.05, 0) is 86.5 Å². The minimum atomic E-state index is -4.07. The molecule has 0 fully saturated rings. The van der Waals surface area contributed by atoms with Gasteiger partial charge in [0, 0.05) is 11.3 Å². The predicted octanol–water partition coefficient (Wildman–Crippen LogP) is 5.19. The Bertz CT molecular complexity index is 1430. The van der Waals surface area contributed by atoms with E-state index >= 15 is 0 Å². The Balaban J connectivity index is 1.64. The second kappa shape index (κ2) is 10.7. The molecule has 3 aromatic carbocycles. The molecule has 1 heterocycles. The molecule has 1 aromatic heterocycles. The number of anilines is 2. The van der Waals surface area contributed by atoms with Crippen LogP contribution in [0.1, 0.15) is 18.1 Å². The van der Waals surface area contributed by atoms with Crippen molar-refractivity contribution in [3.63, 3.8) is 0 Å². The third-order valence-electron chi connectivity index (χ3n) is 5.74. The van der Waals surface area contributed by atoms with Crippen molar-refractivity contribution in [2.24, 2.45) is 0 Å². The molecular formula is C27H27N3O5S. The van der Waals surface area contributed by atoms with E-state index in [-0.39, 0.29) is 4.90 Å². The lowest BCUT2D eigenvalue weighted by atomic mass is 10.1. The minimum absolute atomic E-state index is 0.0561. The summed E-state index contributed by atoms with van der Waals surface area (Å²) < 4.78 is 39.4. The lowest BCUT2D eigenvalue weighted by Crippen LogP contribution is -2.38. The van der Waals surface area contributed by atoms with Crippen LogP contribution >= 0.6 is 0 Å². The minimum Gasteiger partial charge on any atom is -0.494 e. The number of carbonyl (C=O) groups is 1. The Kier molecular flexibility index (Phi) is 7.40. The number of hydrogen-bond donors (Lipinski definition) is 1. The Morgan fingerprint density at radius 3 is 2.39 bits per heavy atom. The van der Waals surface area contributed by atoms with Crippen molar-refractivity contribution in [2.45, 2.75) is 25.7 Å². The summed E-state index contributed by atoms with van der Waals surface area (Å²) in [5.41, 5.74) is 3.36. The monoisotopic (exact) mass is 505 g/mol. The maximum atomic E-state index is 13.8. The van der Waals surface area contributed by atoms with E-state index in [1.165, 1.54) is 18.5 Å². The van der Waals surface area contributed by atoms with Gasteiger partial charge in [0.05, 0.1) is 23.4 Å². The average molecular weight is 506 g/mol. The first kappa shape index (κ1) is 25.0. The molecule has 0 aliphatic carbocycles. The molecule has 9 heteroatoms. The van der Waals surface area contributed by atoms with Crippen LogP contribution in [-0.4, -0.2) is 32.5 Å². The van der Waals surface area contributed by atoms with Crippen LogP contribution in [0.3, 0.4) is 0 Å². The normalized spacial score (nSPS) is 11.2. The van der Waals surface area contributed by atoms with Crippen LogP contribution in [0, 0.1) is 13.8 Å². The number of carbonyl (C=O) groups excluding carboxylic acids is 1. The van der Waals surface area contributed by atoms with Crippen LogP contribution in [-0.2, 0) is 14.8 Å². The van der Waals surface area contributed by atoms with E-state index in [4.69, 9.17) is 9.15 Å². The fourth-order valence-electron chi connectivity index (χ4n) is 3.71. The van der Waals surface area contributed by atoms with Gasteiger partial charge < -0.3 is 14.5 Å². The molecule has 0 saturated carbocycles. The van der Waals surface area contributed by atoms with Gasteiger partial charge in [0.25, 0.3) is 10.0 Å². The number of oxazole rings is 1. The maximum absolute atomic E-state index is 13.8. The van der Waals surface area contributed by atoms with Crippen LogP contribution in [0.2, 0.25) is 0 Å². The molecule has 0 unspecified atom stereocenters. The van der Waals surface area contributed by atoms with Gasteiger partial charge in [0.15, 0.2) is 12.2 Å². The highest BCUT2D eigenvalue weighted by molar-refractivity contribution is 7.92. The molecule has 0 bridgehead atoms. The first-order valence-corrected chi connectivity index (χ1v) is 12.8. The van der Waals surface area contributed by atoms with Gasteiger partial charge in [-0.3, -0.25) is 9.10 Å². The summed E-state index contributed by atoms with van der Waals surface area (Å²) in [7, 11) is -4.07. The molecule has 8 nitrogen and oxygen atoms in total. The van der Waals surface area contributed by atoms with Gasteiger partial charge in [-0.1, -0.05) is 12.1 Å². The topological polar surface area (TPSA) is 102 Å². The number of sulfonamides is 1. The summed E-state index contributed by atoms with van der Waals surface area (Å²) in [6.45, 7) is 5.76. The molecule has 186 valence electrons. The number of amides is 1. The van der Waals surface area contributed by atoms with E-state index in [1.54, 1.807) is 54.7 Å². The second-order valence-corrected chi connectivity index (χ2v) is 9.99. The predicted molar refractivity (Wildman–Crippen MR) is 139 cm³/mol. The number of rotatable bonds is 9. The van der Waals surface area contributed by atoms with Gasteiger partial charge in [-0.2, -0.15) is 0 Å². The smallest absolute Gasteiger partial charge is 0.264 e. The van der Waals surface area contributed by atoms with Gasteiger partial charge >= 0.3 is 0 Å². The van der Waals surface area contributed by atoms with E-state index in [2.05, 4.69) is 10.3 Å². The van der Waals surface area contributed by atoms with Crippen molar-refractivity contribution < 1.29 is 22.4 Å². The Morgan fingerprint density at radius 2 is 1.75 bits per heavy atom. The highest BCUT2D eigenvalue weighted by Crippen LogP contribution is 2.30. The van der Waals surface area contributed by atoms with Crippen LogP contribution < -0.4 is 14.4 Å². The van der Waals surface area contributed by atoms with E-state index in [1.807, 2.05) is 26.8 Å². The van der Waals surface area contributed by atoms with Gasteiger partial charge in [-0.25, -0.2) is 13.4 Å². The third-order valence-corrected chi connectivity index (χ3v) is 7.51. The van der Waals surface area contributed by atoms with E-state index in [9.17, 15) is 13.2 Å². The summed E-state index contributed by atoms with van der Waals surface area (Å²) in [6, 6.07) is 18.6. The molecule has 0 atom stereocenters. The standard InChI is InChI=1S/C27H27N3O5S/c1-4-34-23-12-10-22(11-13-23)29-27(31)17-30(25-7-5-6-19(2)20(25)3)36(32,33)24-14-8-21(9-15-24)26-16-28-18-35-26/h5-16,18H,4,17H2,1-3H3,(H,29,31). The van der Waals surface area contributed by atoms with Crippen molar-refractivity contribution in [1.29, 1.82) is 0 Å². The summed E-state index contributed by atoms with van der Waals surface area (Å²) in [5.74, 6) is 0.742. The van der Waals surface area contributed by atoms with Crippen LogP contribution in [0.4, 0.5) is 11.4 Å². The third kappa shape index (κ3) is 5.41. The zero-order valence-electron chi connectivity index (χ0n) is 20.3. The summed E-state index contributed by atoms with van der Waals surface area (Å²) >= 11 is 0. The number of nitrogens with zero attached hydrogens (tertiary/aromatic N) is 2. The van der Waals surface area contributed by atoms with Crippen molar-refractivity contribution in [1.82, 2.24) is 4.98 Å². The van der Waals surface area contributed by atoms with Crippen molar-refractivity contribution in [3.05, 3.63) is 90.4 Å². The number of aromatic nitrogens is 1. The summed E-state index contributed by atoms with van der Waals surface area (Å²) in [4.78, 5) is 17.0. The number of benzene rings is 3. The molecular weight excluding hydrogens is 478 g/mol. The highest BCUT2D eigenvalue weighted by atomic mass is 32.2. The summed E-state index contributed by atoms with van der Waals surface area (Å²) in [5, 5.41) is 2.78. The SMILES string of the molecule is CCOc1ccc(NC(=O)CN(c2cccc(C)c2C)S(=O)(=O)c2ccc(-c3cnco3)cc2)cc1. The fourth-order valence-corrected chi connectivity index (χ4v) is 5.19. The maximum Gasteiger partial charge on any atom is 0.264 e. The van der Waals surface area contributed by atoms with Crippen molar-refractivity contribution >= 4 is 27.3 Å². The average Bonchev–Trinajstić information content (AvgIpc) is 3.41. The van der Waals surface area contributed by atoms with E-state index in [0.29, 0.717) is 35.1 Å². The summed E-state index contributed by atoms with van der Waals surface area (Å²) in [6.07, 6.45) is 2.86. The van der Waals surface area contributed by atoms with Gasteiger partial charge in [0.1, 0.15) is 12.3 Å². The Morgan fingerprint density at radius 1 is 1.03 bits per heavy atom. The lowest BCUT2D eigenvalue weighted by molar-refractivity contribution is -0.114. The Labute approximate surface area is 210 Å². The van der Waals surface area contributed by atoms with Crippen LogP contribution in [0.25, 0.3) is 11.3 Å². The number of ether oxygens (including phenoxy) is 1. The molecule has 1 amide bonds. The molecule has 0 saturated heterocycles. The first-order valence-electron chi connectivity index (χ1n) is 11.4. The molecule has 4 aromatic rings. The number of aryl methyl sites for hydroxylation is 1. The zero-order valence-corrected chi connectivity index (χ0v) is 21.1. The fraction of sp³-hybridized carbons (Fsp3) is 0.185. The van der Waals surface area contributed by atoms with Gasteiger partial charge in [-0.15, -0.1) is 0 Å². The van der Waals surface area contributed by atoms with Crippen LogP contribution in [0.15, 0.2) is 88.6 Å². The molecule has 0 spiro atoms. The lowest BCUT2D eigenvalue weighted by Gasteiger charge is -2.26. The second-order valence-electron chi connectivity index (χ2n) is 8.13. The highest BCUT2D eigenvalue weighted by Gasteiger charge is 2.29. The molecule has 0 radical (unpaired) electrons. The van der Waals surface area contributed by atoms with Crippen LogP contribution in [0.5, 0.6) is 5.75 Å².